The Hall–Kier alpha value is -1.71. The van der Waals surface area contributed by atoms with E-state index in [1.54, 1.807) is 7.11 Å². The molecule has 4 heteroatoms. The van der Waals surface area contributed by atoms with Crippen LogP contribution < -0.4 is 9.64 Å². The Morgan fingerprint density at radius 3 is 2.30 bits per heavy atom. The van der Waals surface area contributed by atoms with Crippen LogP contribution in [0.3, 0.4) is 0 Å². The number of methoxy groups -OCH3 is 1. The second-order valence-electron chi connectivity index (χ2n) is 4.39. The summed E-state index contributed by atoms with van der Waals surface area (Å²) in [5.74, 6) is 1.14. The summed E-state index contributed by atoms with van der Waals surface area (Å²) >= 11 is 0. The zero-order valence-electron chi connectivity index (χ0n) is 13.1. The number of ether oxygens (including phenoxy) is 1. The van der Waals surface area contributed by atoms with Crippen LogP contribution in [0, 0.1) is 0 Å². The molecule has 1 aromatic rings. The molecule has 0 aromatic heterocycles. The molecule has 1 saturated heterocycles. The van der Waals surface area contributed by atoms with Gasteiger partial charge < -0.3 is 14.5 Å². The summed E-state index contributed by atoms with van der Waals surface area (Å²) in [6.45, 7) is 9.24. The lowest BCUT2D eigenvalue weighted by Gasteiger charge is -2.36. The number of carbonyl (C=O) groups excluding carboxylic acids is 1. The molecule has 20 heavy (non-hydrogen) atoms. The van der Waals surface area contributed by atoms with E-state index in [1.165, 1.54) is 0 Å². The third-order valence-electron chi connectivity index (χ3n) is 3.36. The van der Waals surface area contributed by atoms with Crippen LogP contribution in [0.15, 0.2) is 24.3 Å². The maximum atomic E-state index is 11.6. The Labute approximate surface area is 122 Å². The van der Waals surface area contributed by atoms with Gasteiger partial charge in [0.1, 0.15) is 5.75 Å². The minimum absolute atomic E-state index is 0.245. The van der Waals surface area contributed by atoms with Gasteiger partial charge in [0.05, 0.1) is 12.8 Å². The molecule has 0 radical (unpaired) electrons. The Morgan fingerprint density at radius 2 is 1.75 bits per heavy atom. The number of anilines is 1. The van der Waals surface area contributed by atoms with E-state index in [9.17, 15) is 4.79 Å². The maximum absolute atomic E-state index is 11.6. The third kappa shape index (κ3) is 3.89. The van der Waals surface area contributed by atoms with E-state index in [2.05, 4.69) is 11.0 Å². The molecule has 0 bridgehead atoms. The van der Waals surface area contributed by atoms with E-state index in [4.69, 9.17) is 4.74 Å². The van der Waals surface area contributed by atoms with Crippen molar-refractivity contribution in [3.05, 3.63) is 24.3 Å². The molecule has 0 saturated carbocycles. The molecule has 1 aliphatic heterocycles. The molecule has 2 rings (SSSR count). The van der Waals surface area contributed by atoms with Gasteiger partial charge >= 0.3 is 0 Å². The number of carbonyl (C=O) groups is 1. The predicted molar refractivity (Wildman–Crippen MR) is 83.4 cm³/mol. The van der Waals surface area contributed by atoms with Crippen molar-refractivity contribution >= 4 is 11.6 Å². The standard InChI is InChI=1S/C14H20N2O2.C2H6/c1-3-14(17)16-10-8-15(9-11-16)12-6-4-5-7-13(12)18-2;1-2/h4-7H,3,8-11H2,1-2H3;1-2H3. The zero-order valence-corrected chi connectivity index (χ0v) is 13.1. The van der Waals surface area contributed by atoms with Gasteiger partial charge in [0, 0.05) is 32.6 Å². The van der Waals surface area contributed by atoms with E-state index >= 15 is 0 Å². The van der Waals surface area contributed by atoms with Crippen molar-refractivity contribution in [3.8, 4) is 5.75 Å². The van der Waals surface area contributed by atoms with Gasteiger partial charge in [0.25, 0.3) is 0 Å². The Balaban J connectivity index is 0.000000956. The van der Waals surface area contributed by atoms with Crippen LogP contribution in [-0.2, 0) is 4.79 Å². The van der Waals surface area contributed by atoms with Gasteiger partial charge in [0.2, 0.25) is 5.91 Å². The van der Waals surface area contributed by atoms with Gasteiger partial charge in [-0.25, -0.2) is 0 Å². The summed E-state index contributed by atoms with van der Waals surface area (Å²) in [6, 6.07) is 8.02. The molecule has 4 nitrogen and oxygen atoms in total. The van der Waals surface area contributed by atoms with Crippen LogP contribution in [0.5, 0.6) is 5.75 Å². The average molecular weight is 278 g/mol. The lowest BCUT2D eigenvalue weighted by atomic mass is 10.2. The number of rotatable bonds is 3. The first-order chi connectivity index (χ1) is 9.76. The minimum atomic E-state index is 0.245. The minimum Gasteiger partial charge on any atom is -0.495 e. The van der Waals surface area contributed by atoms with Crippen molar-refractivity contribution in [2.75, 3.05) is 38.2 Å². The van der Waals surface area contributed by atoms with Gasteiger partial charge in [-0.05, 0) is 12.1 Å². The van der Waals surface area contributed by atoms with Crippen molar-refractivity contribution in [1.82, 2.24) is 4.90 Å². The predicted octanol–water partition coefficient (Wildman–Crippen LogP) is 2.78. The molecule has 0 unspecified atom stereocenters. The number of hydrogen-bond donors (Lipinski definition) is 0. The zero-order chi connectivity index (χ0) is 15.0. The van der Waals surface area contributed by atoms with E-state index in [0.717, 1.165) is 37.6 Å². The number of nitrogens with zero attached hydrogens (tertiary/aromatic N) is 2. The molecule has 1 aromatic carbocycles. The number of amides is 1. The average Bonchev–Trinajstić information content (AvgIpc) is 2.56. The fourth-order valence-electron chi connectivity index (χ4n) is 2.31. The topological polar surface area (TPSA) is 32.8 Å². The van der Waals surface area contributed by atoms with E-state index < -0.39 is 0 Å². The monoisotopic (exact) mass is 278 g/mol. The highest BCUT2D eigenvalue weighted by atomic mass is 16.5. The quantitative estimate of drug-likeness (QED) is 0.852. The lowest BCUT2D eigenvalue weighted by Crippen LogP contribution is -2.48. The van der Waals surface area contributed by atoms with Gasteiger partial charge in [-0.3, -0.25) is 4.79 Å². The van der Waals surface area contributed by atoms with Crippen LogP contribution >= 0.6 is 0 Å². The summed E-state index contributed by atoms with van der Waals surface area (Å²) < 4.78 is 5.37. The Bertz CT molecular complexity index is 413. The molecular formula is C16H26N2O2. The first-order valence-electron chi connectivity index (χ1n) is 7.42. The second-order valence-corrected chi connectivity index (χ2v) is 4.39. The van der Waals surface area contributed by atoms with Gasteiger partial charge in [0.15, 0.2) is 0 Å². The van der Waals surface area contributed by atoms with Gasteiger partial charge in [-0.1, -0.05) is 32.9 Å². The van der Waals surface area contributed by atoms with E-state index in [0.29, 0.717) is 6.42 Å². The van der Waals surface area contributed by atoms with E-state index in [-0.39, 0.29) is 5.91 Å². The molecule has 112 valence electrons. The van der Waals surface area contributed by atoms with Crippen LogP contribution in [-0.4, -0.2) is 44.1 Å². The summed E-state index contributed by atoms with van der Waals surface area (Å²) in [6.07, 6.45) is 0.592. The molecular weight excluding hydrogens is 252 g/mol. The van der Waals surface area contributed by atoms with Gasteiger partial charge in [-0.15, -0.1) is 0 Å². The third-order valence-corrected chi connectivity index (χ3v) is 3.36. The molecule has 0 atom stereocenters. The fourth-order valence-corrected chi connectivity index (χ4v) is 2.31. The normalized spacial score (nSPS) is 14.4. The molecule has 0 N–H and O–H groups in total. The summed E-state index contributed by atoms with van der Waals surface area (Å²) in [5, 5.41) is 0. The fraction of sp³-hybridized carbons (Fsp3) is 0.562. The highest BCUT2D eigenvalue weighted by Gasteiger charge is 2.21. The molecule has 1 heterocycles. The highest BCUT2D eigenvalue weighted by molar-refractivity contribution is 5.76. The van der Waals surface area contributed by atoms with Crippen LogP contribution in [0.1, 0.15) is 27.2 Å². The van der Waals surface area contributed by atoms with Crippen LogP contribution in [0.4, 0.5) is 5.69 Å². The first-order valence-corrected chi connectivity index (χ1v) is 7.42. The molecule has 0 aliphatic carbocycles. The Kier molecular flexibility index (Phi) is 6.91. The maximum Gasteiger partial charge on any atom is 0.222 e. The smallest absolute Gasteiger partial charge is 0.222 e. The van der Waals surface area contributed by atoms with Crippen LogP contribution in [0.2, 0.25) is 0 Å². The van der Waals surface area contributed by atoms with Crippen molar-refractivity contribution in [2.24, 2.45) is 0 Å². The molecule has 1 amide bonds. The van der Waals surface area contributed by atoms with Crippen molar-refractivity contribution in [3.63, 3.8) is 0 Å². The van der Waals surface area contributed by atoms with Crippen molar-refractivity contribution in [2.45, 2.75) is 27.2 Å². The number of benzene rings is 1. The first kappa shape index (κ1) is 16.3. The Morgan fingerprint density at radius 1 is 1.15 bits per heavy atom. The molecule has 0 spiro atoms. The summed E-state index contributed by atoms with van der Waals surface area (Å²) in [4.78, 5) is 15.8. The SMILES string of the molecule is CC.CCC(=O)N1CCN(c2ccccc2OC)CC1. The van der Waals surface area contributed by atoms with Crippen molar-refractivity contribution < 1.29 is 9.53 Å². The number of hydrogen-bond acceptors (Lipinski definition) is 3. The molecule has 1 aliphatic rings. The number of piperazine rings is 1. The lowest BCUT2D eigenvalue weighted by molar-refractivity contribution is -0.131. The number of para-hydroxylation sites is 2. The van der Waals surface area contributed by atoms with E-state index in [1.807, 2.05) is 43.9 Å². The van der Waals surface area contributed by atoms with Crippen molar-refractivity contribution in [1.29, 1.82) is 0 Å². The largest absolute Gasteiger partial charge is 0.495 e. The van der Waals surface area contributed by atoms with Gasteiger partial charge in [-0.2, -0.15) is 0 Å². The summed E-state index contributed by atoms with van der Waals surface area (Å²) in [5.41, 5.74) is 1.11. The molecule has 1 fully saturated rings. The summed E-state index contributed by atoms with van der Waals surface area (Å²) in [7, 11) is 1.69. The van der Waals surface area contributed by atoms with Crippen LogP contribution in [0.25, 0.3) is 0 Å². The second kappa shape index (κ2) is 8.46. The highest BCUT2D eigenvalue weighted by Crippen LogP contribution is 2.28.